The Bertz CT molecular complexity index is 1490. The Labute approximate surface area is 228 Å². The second kappa shape index (κ2) is 11.4. The topological polar surface area (TPSA) is 142 Å². The van der Waals surface area contributed by atoms with Crippen molar-refractivity contribution in [1.82, 2.24) is 10.3 Å². The number of carbonyl (C=O) groups excluding carboxylic acids is 2. The number of nitro groups is 1. The van der Waals surface area contributed by atoms with Crippen LogP contribution >= 0.6 is 11.3 Å². The summed E-state index contributed by atoms with van der Waals surface area (Å²) in [4.78, 5) is 41.0. The molecule has 12 heteroatoms. The van der Waals surface area contributed by atoms with Gasteiger partial charge in [-0.3, -0.25) is 10.1 Å². The van der Waals surface area contributed by atoms with Crippen LogP contribution in [0.25, 0.3) is 11.3 Å². The standard InChI is InChI=1S/C27H26N4O7S/c1-14-22(25(32)37-4)24(23(15(2)28-14)26(33)38-5)17-7-6-8-18(11-17)29-27-30-19(13-39-27)16-9-10-21(36-3)20(12-16)31(34)35/h6-13,24,28H,1-5H3,(H,29,30). The van der Waals surface area contributed by atoms with Crippen molar-refractivity contribution in [3.8, 4) is 17.0 Å². The number of thiazole rings is 1. The molecule has 0 atom stereocenters. The Morgan fingerprint density at radius 3 is 2.28 bits per heavy atom. The van der Waals surface area contributed by atoms with Crippen molar-refractivity contribution in [2.75, 3.05) is 26.6 Å². The lowest BCUT2D eigenvalue weighted by atomic mass is 9.80. The van der Waals surface area contributed by atoms with E-state index in [2.05, 4.69) is 15.6 Å². The van der Waals surface area contributed by atoms with Crippen LogP contribution in [-0.2, 0) is 19.1 Å². The predicted octanol–water partition coefficient (Wildman–Crippen LogP) is 5.05. The van der Waals surface area contributed by atoms with Crippen molar-refractivity contribution in [3.05, 3.63) is 86.1 Å². The highest BCUT2D eigenvalue weighted by Gasteiger charge is 2.37. The smallest absolute Gasteiger partial charge is 0.336 e. The molecule has 0 unspecified atom stereocenters. The monoisotopic (exact) mass is 550 g/mol. The Hall–Kier alpha value is -4.71. The Balaban J connectivity index is 1.68. The fraction of sp³-hybridized carbons (Fsp3) is 0.222. The molecule has 0 amide bonds. The summed E-state index contributed by atoms with van der Waals surface area (Å²) in [5.41, 5.74) is 4.07. The fourth-order valence-electron chi connectivity index (χ4n) is 4.46. The third-order valence-corrected chi connectivity index (χ3v) is 6.98. The second-order valence-corrected chi connectivity index (χ2v) is 9.41. The molecule has 0 saturated heterocycles. The Morgan fingerprint density at radius 2 is 1.69 bits per heavy atom. The van der Waals surface area contributed by atoms with Gasteiger partial charge in [0.1, 0.15) is 0 Å². The molecule has 1 aromatic heterocycles. The van der Waals surface area contributed by atoms with Crippen LogP contribution in [0, 0.1) is 10.1 Å². The molecule has 11 nitrogen and oxygen atoms in total. The number of anilines is 2. The molecule has 0 bridgehead atoms. The number of methoxy groups -OCH3 is 3. The molecule has 4 rings (SSSR count). The summed E-state index contributed by atoms with van der Waals surface area (Å²) in [5.74, 6) is -1.68. The first-order chi connectivity index (χ1) is 18.7. The molecule has 2 heterocycles. The zero-order chi connectivity index (χ0) is 28.3. The van der Waals surface area contributed by atoms with Crippen molar-refractivity contribution in [1.29, 1.82) is 0 Å². The molecule has 0 spiro atoms. The van der Waals surface area contributed by atoms with Crippen LogP contribution in [0.2, 0.25) is 0 Å². The number of nitrogens with one attached hydrogen (secondary N) is 2. The molecule has 202 valence electrons. The maximum Gasteiger partial charge on any atom is 0.336 e. The number of aromatic nitrogens is 1. The van der Waals surface area contributed by atoms with Gasteiger partial charge < -0.3 is 24.8 Å². The zero-order valence-corrected chi connectivity index (χ0v) is 22.7. The van der Waals surface area contributed by atoms with E-state index < -0.39 is 22.8 Å². The fourth-order valence-corrected chi connectivity index (χ4v) is 5.20. The van der Waals surface area contributed by atoms with Gasteiger partial charge in [-0.05, 0) is 43.7 Å². The number of hydrogen-bond donors (Lipinski definition) is 2. The molecule has 2 N–H and O–H groups in total. The highest BCUT2D eigenvalue weighted by atomic mass is 32.1. The molecule has 0 radical (unpaired) electrons. The number of hydrogen-bond acceptors (Lipinski definition) is 11. The largest absolute Gasteiger partial charge is 0.490 e. The maximum absolute atomic E-state index is 12.8. The molecule has 39 heavy (non-hydrogen) atoms. The van der Waals surface area contributed by atoms with Crippen molar-refractivity contribution in [2.24, 2.45) is 0 Å². The van der Waals surface area contributed by atoms with Crippen molar-refractivity contribution >= 4 is 39.8 Å². The van der Waals surface area contributed by atoms with Crippen LogP contribution in [0.15, 0.2) is 70.4 Å². The minimum atomic E-state index is -0.723. The summed E-state index contributed by atoms with van der Waals surface area (Å²) in [6.45, 7) is 3.50. The van der Waals surface area contributed by atoms with E-state index in [4.69, 9.17) is 14.2 Å². The quantitative estimate of drug-likeness (QED) is 0.222. The lowest BCUT2D eigenvalue weighted by molar-refractivity contribution is -0.385. The van der Waals surface area contributed by atoms with E-state index in [1.165, 1.54) is 44.8 Å². The first-order valence-corrected chi connectivity index (χ1v) is 12.6. The van der Waals surface area contributed by atoms with Gasteiger partial charge in [-0.1, -0.05) is 12.1 Å². The number of dihydropyridines is 1. The van der Waals surface area contributed by atoms with E-state index in [1.54, 1.807) is 31.4 Å². The third-order valence-electron chi connectivity index (χ3n) is 6.22. The van der Waals surface area contributed by atoms with Gasteiger partial charge >= 0.3 is 17.6 Å². The van der Waals surface area contributed by atoms with Gasteiger partial charge in [0.2, 0.25) is 0 Å². The number of ether oxygens (including phenoxy) is 3. The third kappa shape index (κ3) is 5.46. The average molecular weight is 551 g/mol. The molecular formula is C27H26N4O7S. The summed E-state index contributed by atoms with van der Waals surface area (Å²) in [6.07, 6.45) is 0. The Kier molecular flexibility index (Phi) is 7.96. The summed E-state index contributed by atoms with van der Waals surface area (Å²) in [6, 6.07) is 11.9. The molecule has 0 aliphatic carbocycles. The molecule has 0 fully saturated rings. The van der Waals surface area contributed by atoms with Crippen molar-refractivity contribution < 1.29 is 28.7 Å². The van der Waals surface area contributed by atoms with Crippen LogP contribution < -0.4 is 15.4 Å². The normalized spacial score (nSPS) is 13.6. The molecule has 3 aromatic rings. The van der Waals surface area contributed by atoms with Crippen molar-refractivity contribution in [2.45, 2.75) is 19.8 Å². The second-order valence-electron chi connectivity index (χ2n) is 8.55. The lowest BCUT2D eigenvalue weighted by Gasteiger charge is -2.30. The average Bonchev–Trinajstić information content (AvgIpc) is 3.39. The Morgan fingerprint density at radius 1 is 1.03 bits per heavy atom. The number of benzene rings is 2. The van der Waals surface area contributed by atoms with Crippen LogP contribution in [0.1, 0.15) is 25.3 Å². The molecule has 1 aliphatic rings. The first-order valence-electron chi connectivity index (χ1n) is 11.7. The van der Waals surface area contributed by atoms with Gasteiger partial charge in [-0.15, -0.1) is 11.3 Å². The number of allylic oxidation sites excluding steroid dienone is 2. The number of carbonyl (C=O) groups is 2. The minimum Gasteiger partial charge on any atom is -0.490 e. The number of rotatable bonds is 8. The van der Waals surface area contributed by atoms with E-state index in [0.29, 0.717) is 50.2 Å². The van der Waals surface area contributed by atoms with Crippen LogP contribution in [-0.4, -0.2) is 43.2 Å². The molecular weight excluding hydrogens is 524 g/mol. The van der Waals surface area contributed by atoms with Crippen LogP contribution in [0.4, 0.5) is 16.5 Å². The predicted molar refractivity (Wildman–Crippen MR) is 146 cm³/mol. The number of esters is 2. The zero-order valence-electron chi connectivity index (χ0n) is 21.9. The molecule has 1 aliphatic heterocycles. The van der Waals surface area contributed by atoms with Crippen molar-refractivity contribution in [3.63, 3.8) is 0 Å². The summed E-state index contributed by atoms with van der Waals surface area (Å²) < 4.78 is 15.1. The van der Waals surface area contributed by atoms with Crippen LogP contribution in [0.3, 0.4) is 0 Å². The summed E-state index contributed by atoms with van der Waals surface area (Å²) in [7, 11) is 3.96. The highest BCUT2D eigenvalue weighted by Crippen LogP contribution is 2.40. The first kappa shape index (κ1) is 27.3. The maximum atomic E-state index is 12.8. The van der Waals surface area contributed by atoms with Gasteiger partial charge in [-0.25, -0.2) is 14.6 Å². The SMILES string of the molecule is COC(=O)C1=C(C)NC(C)=C(C(=O)OC)C1c1cccc(Nc2nc(-c3ccc(OC)c([N+](=O)[O-])c3)cs2)c1. The van der Waals surface area contributed by atoms with Gasteiger partial charge in [-0.2, -0.15) is 0 Å². The van der Waals surface area contributed by atoms with Gasteiger partial charge in [0.15, 0.2) is 10.9 Å². The van der Waals surface area contributed by atoms with Crippen LogP contribution in [0.5, 0.6) is 5.75 Å². The summed E-state index contributed by atoms with van der Waals surface area (Å²) in [5, 5.41) is 20.1. The minimum absolute atomic E-state index is 0.151. The van der Waals surface area contributed by atoms with E-state index in [1.807, 2.05) is 18.2 Å². The van der Waals surface area contributed by atoms with E-state index >= 15 is 0 Å². The summed E-state index contributed by atoms with van der Waals surface area (Å²) >= 11 is 1.32. The number of nitro benzene ring substituents is 1. The van der Waals surface area contributed by atoms with Gasteiger partial charge in [0.05, 0.1) is 49.0 Å². The lowest BCUT2D eigenvalue weighted by Crippen LogP contribution is -2.32. The van der Waals surface area contributed by atoms with E-state index in [-0.39, 0.29) is 11.4 Å². The highest BCUT2D eigenvalue weighted by molar-refractivity contribution is 7.14. The molecule has 0 saturated carbocycles. The van der Waals surface area contributed by atoms with E-state index in [0.717, 1.165) is 0 Å². The van der Waals surface area contributed by atoms with Gasteiger partial charge in [0, 0.05) is 34.1 Å². The molecule has 2 aromatic carbocycles. The van der Waals surface area contributed by atoms with Gasteiger partial charge in [0.25, 0.3) is 0 Å². The number of nitrogens with zero attached hydrogens (tertiary/aromatic N) is 2. The van der Waals surface area contributed by atoms with E-state index in [9.17, 15) is 19.7 Å².